The number of hydrogen-bond donors (Lipinski definition) is 0. The van der Waals surface area contributed by atoms with Gasteiger partial charge in [0.05, 0.1) is 16.7 Å². The van der Waals surface area contributed by atoms with E-state index in [1.165, 1.54) is 21.5 Å². The Kier molecular flexibility index (Phi) is 6.56. The zero-order valence-corrected chi connectivity index (χ0v) is 30.0. The highest BCUT2D eigenvalue weighted by Crippen LogP contribution is 2.45. The molecule has 0 saturated carbocycles. The molecule has 260 valence electrons. The summed E-state index contributed by atoms with van der Waals surface area (Å²) in [5.74, 6) is 1.85. The van der Waals surface area contributed by atoms with Gasteiger partial charge in [0.25, 0.3) is 0 Å². The van der Waals surface area contributed by atoms with Crippen LogP contribution in [0.2, 0.25) is 0 Å². The summed E-state index contributed by atoms with van der Waals surface area (Å²) in [5, 5.41) is 11.5. The Hall–Kier alpha value is -7.63. The first-order chi connectivity index (χ1) is 27.8. The molecular formula is C51H30N4O. The lowest BCUT2D eigenvalue weighted by Gasteiger charge is -2.18. The number of benzene rings is 9. The number of rotatable bonds is 4. The molecule has 0 amide bonds. The molecule has 5 nitrogen and oxygen atoms in total. The van der Waals surface area contributed by atoms with Crippen LogP contribution in [0.25, 0.3) is 116 Å². The molecule has 0 bridgehead atoms. The van der Waals surface area contributed by atoms with Gasteiger partial charge in [-0.05, 0) is 57.3 Å². The summed E-state index contributed by atoms with van der Waals surface area (Å²) < 4.78 is 9.23. The van der Waals surface area contributed by atoms with E-state index < -0.39 is 0 Å². The van der Waals surface area contributed by atoms with Crippen molar-refractivity contribution < 1.29 is 4.42 Å². The fraction of sp³-hybridized carbons (Fsp3) is 0. The van der Waals surface area contributed by atoms with E-state index >= 15 is 0 Å². The van der Waals surface area contributed by atoms with E-state index in [0.29, 0.717) is 17.5 Å². The van der Waals surface area contributed by atoms with E-state index in [1.807, 2.05) is 42.5 Å². The van der Waals surface area contributed by atoms with Crippen molar-refractivity contribution >= 4 is 76.1 Å². The molecule has 0 unspecified atom stereocenters. The zero-order chi connectivity index (χ0) is 36.7. The van der Waals surface area contributed by atoms with E-state index in [9.17, 15) is 0 Å². The quantitative estimate of drug-likeness (QED) is 0.170. The molecule has 12 aromatic rings. The predicted octanol–water partition coefficient (Wildman–Crippen LogP) is 13.3. The van der Waals surface area contributed by atoms with Gasteiger partial charge < -0.3 is 8.98 Å². The van der Waals surface area contributed by atoms with E-state index in [4.69, 9.17) is 19.4 Å². The van der Waals surface area contributed by atoms with Crippen molar-refractivity contribution in [1.29, 1.82) is 0 Å². The Morgan fingerprint density at radius 2 is 0.857 bits per heavy atom. The summed E-state index contributed by atoms with van der Waals surface area (Å²) >= 11 is 0. The van der Waals surface area contributed by atoms with Crippen LogP contribution in [0.4, 0.5) is 0 Å². The van der Waals surface area contributed by atoms with Gasteiger partial charge in [-0.1, -0.05) is 152 Å². The summed E-state index contributed by atoms with van der Waals surface area (Å²) in [5.41, 5.74) is 7.64. The fourth-order valence-electron chi connectivity index (χ4n) is 8.74. The van der Waals surface area contributed by atoms with Crippen molar-refractivity contribution in [3.05, 3.63) is 182 Å². The fourth-order valence-corrected chi connectivity index (χ4v) is 8.74. The van der Waals surface area contributed by atoms with Crippen molar-refractivity contribution in [2.24, 2.45) is 0 Å². The second-order valence-electron chi connectivity index (χ2n) is 14.3. The Morgan fingerprint density at radius 3 is 1.54 bits per heavy atom. The first-order valence-corrected chi connectivity index (χ1v) is 18.9. The molecule has 0 aliphatic heterocycles. The largest absolute Gasteiger partial charge is 0.454 e. The monoisotopic (exact) mass is 714 g/mol. The third-order valence-electron chi connectivity index (χ3n) is 11.2. The van der Waals surface area contributed by atoms with Crippen molar-refractivity contribution in [3.8, 4) is 39.9 Å². The van der Waals surface area contributed by atoms with Crippen LogP contribution in [0, 0.1) is 0 Å². The minimum Gasteiger partial charge on any atom is -0.454 e. The number of fused-ring (bicyclic) bond motifs is 13. The number of para-hydroxylation sites is 2. The molecule has 12 rings (SSSR count). The Morgan fingerprint density at radius 1 is 0.357 bits per heavy atom. The van der Waals surface area contributed by atoms with Crippen molar-refractivity contribution in [3.63, 3.8) is 0 Å². The highest BCUT2D eigenvalue weighted by atomic mass is 16.3. The van der Waals surface area contributed by atoms with E-state index in [-0.39, 0.29) is 0 Å². The van der Waals surface area contributed by atoms with Crippen LogP contribution in [0.5, 0.6) is 0 Å². The Labute approximate surface area is 320 Å². The van der Waals surface area contributed by atoms with Crippen LogP contribution in [0.15, 0.2) is 186 Å². The lowest BCUT2D eigenvalue weighted by Crippen LogP contribution is -2.02. The predicted molar refractivity (Wildman–Crippen MR) is 230 cm³/mol. The van der Waals surface area contributed by atoms with Crippen molar-refractivity contribution in [2.75, 3.05) is 0 Å². The minimum atomic E-state index is 0.604. The summed E-state index contributed by atoms with van der Waals surface area (Å²) in [6.07, 6.45) is 0. The molecule has 56 heavy (non-hydrogen) atoms. The number of aromatic nitrogens is 4. The molecule has 0 aliphatic carbocycles. The third kappa shape index (κ3) is 4.52. The van der Waals surface area contributed by atoms with Crippen LogP contribution in [0.3, 0.4) is 0 Å². The second kappa shape index (κ2) is 11.9. The zero-order valence-electron chi connectivity index (χ0n) is 30.0. The van der Waals surface area contributed by atoms with Gasteiger partial charge in [0.2, 0.25) is 0 Å². The van der Waals surface area contributed by atoms with Crippen LogP contribution >= 0.6 is 0 Å². The summed E-state index contributed by atoms with van der Waals surface area (Å²) in [6, 6.07) is 63.8. The summed E-state index contributed by atoms with van der Waals surface area (Å²) in [4.78, 5) is 15.5. The average Bonchev–Trinajstić information content (AvgIpc) is 3.83. The topological polar surface area (TPSA) is 56.7 Å². The molecule has 0 aliphatic rings. The molecule has 5 heteroatoms. The summed E-state index contributed by atoms with van der Waals surface area (Å²) in [7, 11) is 0. The van der Waals surface area contributed by atoms with Crippen LogP contribution < -0.4 is 0 Å². The molecule has 0 fully saturated rings. The molecule has 3 aromatic heterocycles. The van der Waals surface area contributed by atoms with Gasteiger partial charge in [0, 0.05) is 43.6 Å². The third-order valence-corrected chi connectivity index (χ3v) is 11.2. The maximum absolute atomic E-state index is 6.82. The Balaban J connectivity index is 1.28. The number of nitrogens with zero attached hydrogens (tertiary/aromatic N) is 4. The molecular weight excluding hydrogens is 685 g/mol. The van der Waals surface area contributed by atoms with Crippen molar-refractivity contribution in [1.82, 2.24) is 19.5 Å². The highest BCUT2D eigenvalue weighted by Gasteiger charge is 2.23. The Bertz CT molecular complexity index is 3470. The van der Waals surface area contributed by atoms with Gasteiger partial charge in [0.15, 0.2) is 23.1 Å². The van der Waals surface area contributed by atoms with Gasteiger partial charge in [-0.25, -0.2) is 15.0 Å². The standard InChI is InChI=1S/C51H30N4O/c1-3-15-31(16-4-1)49-52-50(32-17-5-2-6-18-32)54-51(53-49)33-29-42-36-21-8-7-19-34(36)35-20-9-10-24-39(35)46(42)44(30-33)55-43-25-13-11-22-37(43)40-27-28-41-38-23-12-14-26-45(38)56-48(41)47(40)55/h1-30H. The smallest absolute Gasteiger partial charge is 0.164 e. The van der Waals surface area contributed by atoms with E-state index in [1.54, 1.807) is 0 Å². The normalized spacial score (nSPS) is 11.9. The van der Waals surface area contributed by atoms with Crippen LogP contribution in [-0.4, -0.2) is 19.5 Å². The molecule has 0 atom stereocenters. The number of furan rings is 1. The second-order valence-corrected chi connectivity index (χ2v) is 14.3. The molecule has 3 heterocycles. The van der Waals surface area contributed by atoms with Crippen molar-refractivity contribution in [2.45, 2.75) is 0 Å². The van der Waals surface area contributed by atoms with E-state index in [0.717, 1.165) is 76.9 Å². The summed E-state index contributed by atoms with van der Waals surface area (Å²) in [6.45, 7) is 0. The first kappa shape index (κ1) is 30.8. The van der Waals surface area contributed by atoms with Gasteiger partial charge >= 0.3 is 0 Å². The van der Waals surface area contributed by atoms with Gasteiger partial charge in [-0.3, -0.25) is 0 Å². The molecule has 0 N–H and O–H groups in total. The first-order valence-electron chi connectivity index (χ1n) is 18.9. The van der Waals surface area contributed by atoms with Crippen LogP contribution in [-0.2, 0) is 0 Å². The maximum Gasteiger partial charge on any atom is 0.164 e. The van der Waals surface area contributed by atoms with Crippen LogP contribution in [0.1, 0.15) is 0 Å². The minimum absolute atomic E-state index is 0.604. The lowest BCUT2D eigenvalue weighted by atomic mass is 9.91. The maximum atomic E-state index is 6.82. The highest BCUT2D eigenvalue weighted by molar-refractivity contribution is 6.29. The van der Waals surface area contributed by atoms with Gasteiger partial charge in [0.1, 0.15) is 5.58 Å². The SMILES string of the molecule is c1ccc(-c2nc(-c3ccccc3)nc(-c3cc(-n4c5ccccc5c5ccc6c7ccccc7oc6c54)c4c5ccccc5c5ccccc5c4c3)n2)cc1. The number of hydrogen-bond acceptors (Lipinski definition) is 4. The molecule has 0 spiro atoms. The van der Waals surface area contributed by atoms with Gasteiger partial charge in [-0.15, -0.1) is 0 Å². The lowest BCUT2D eigenvalue weighted by molar-refractivity contribution is 0.671. The van der Waals surface area contributed by atoms with Gasteiger partial charge in [-0.2, -0.15) is 0 Å². The van der Waals surface area contributed by atoms with E-state index in [2.05, 4.69) is 144 Å². The average molecular weight is 715 g/mol. The molecule has 9 aromatic carbocycles. The molecule has 0 saturated heterocycles. The molecule has 0 radical (unpaired) electrons.